The number of hydrogen-bond acceptors (Lipinski definition) is 4. The first-order valence-electron chi connectivity index (χ1n) is 7.49. The maximum absolute atomic E-state index is 12.2. The molecule has 0 aliphatic carbocycles. The van der Waals surface area contributed by atoms with Crippen molar-refractivity contribution in [3.05, 3.63) is 0 Å². The van der Waals surface area contributed by atoms with Gasteiger partial charge in [-0.1, -0.05) is 32.6 Å². The Bertz CT molecular complexity index is 492. The van der Waals surface area contributed by atoms with Crippen molar-refractivity contribution in [1.29, 1.82) is 0 Å². The molecule has 0 aliphatic heterocycles. The van der Waals surface area contributed by atoms with Gasteiger partial charge in [-0.3, -0.25) is 0 Å². The second kappa shape index (κ2) is 9.02. The first-order valence-corrected chi connectivity index (χ1v) is 11.9. The van der Waals surface area contributed by atoms with Gasteiger partial charge >= 0.3 is 15.5 Å². The standard InChI is InChI=1S/C13H26F3NO4SSi/c1-5-6-7-8-11(23(3,4)21-2)9-10-12(18)17-22(19,20)13(14,15)16/h11H,5-10H2,1-4H3,(H,17,18)/p-1. The lowest BCUT2D eigenvalue weighted by Crippen LogP contribution is -2.36. The first-order chi connectivity index (χ1) is 10.4. The van der Waals surface area contributed by atoms with Crippen molar-refractivity contribution >= 4 is 24.2 Å². The molecule has 0 aromatic carbocycles. The summed E-state index contributed by atoms with van der Waals surface area (Å²) in [4.78, 5) is 0. The lowest BCUT2D eigenvalue weighted by Gasteiger charge is -2.31. The molecule has 1 unspecified atom stereocenters. The third kappa shape index (κ3) is 7.66. The predicted molar refractivity (Wildman–Crippen MR) is 84.0 cm³/mol. The molecule has 0 saturated carbocycles. The van der Waals surface area contributed by atoms with Gasteiger partial charge in [0.05, 0.1) is 0 Å². The number of halogens is 3. The molecule has 0 rings (SSSR count). The fourth-order valence-electron chi connectivity index (χ4n) is 2.18. The highest BCUT2D eigenvalue weighted by Gasteiger charge is 2.45. The molecule has 0 N–H and O–H groups in total. The summed E-state index contributed by atoms with van der Waals surface area (Å²) in [6.07, 6.45) is 3.75. The monoisotopic (exact) mass is 376 g/mol. The quantitative estimate of drug-likeness (QED) is 0.254. The van der Waals surface area contributed by atoms with Crippen LogP contribution in [0.25, 0.3) is 0 Å². The molecule has 0 spiro atoms. The van der Waals surface area contributed by atoms with Crippen LogP contribution in [0.4, 0.5) is 13.2 Å². The molecular weight excluding hydrogens is 351 g/mol. The Kier molecular flexibility index (Phi) is 8.78. The van der Waals surface area contributed by atoms with Crippen molar-refractivity contribution < 1.29 is 31.1 Å². The largest absolute Gasteiger partial charge is 0.861 e. The van der Waals surface area contributed by atoms with Crippen LogP contribution in [-0.2, 0) is 14.4 Å². The Labute approximate surface area is 137 Å². The van der Waals surface area contributed by atoms with Gasteiger partial charge in [0.2, 0.25) is 0 Å². The average Bonchev–Trinajstić information content (AvgIpc) is 2.40. The molecule has 0 saturated heterocycles. The van der Waals surface area contributed by atoms with E-state index in [0.29, 0.717) is 0 Å². The summed E-state index contributed by atoms with van der Waals surface area (Å²) in [6, 6.07) is 0. The lowest BCUT2D eigenvalue weighted by atomic mass is 10.1. The predicted octanol–water partition coefficient (Wildman–Crippen LogP) is 3.18. The van der Waals surface area contributed by atoms with Crippen molar-refractivity contribution in [3.8, 4) is 0 Å². The fourth-order valence-corrected chi connectivity index (χ4v) is 4.71. The second-order valence-corrected chi connectivity index (χ2v) is 12.0. The Balaban J connectivity index is 4.91. The van der Waals surface area contributed by atoms with E-state index in [0.717, 1.165) is 25.7 Å². The zero-order valence-corrected chi connectivity index (χ0v) is 15.8. The second-order valence-electron chi connectivity index (χ2n) is 5.94. The SMILES string of the molecule is CCCCCC(CC/C([O-])=N\S(=O)(=O)C(F)(F)F)[Si](C)(C)OC. The van der Waals surface area contributed by atoms with Crippen molar-refractivity contribution in [2.75, 3.05) is 7.11 Å². The third-order valence-electron chi connectivity index (χ3n) is 3.89. The highest BCUT2D eigenvalue weighted by atomic mass is 32.2. The van der Waals surface area contributed by atoms with Crippen LogP contribution in [0.5, 0.6) is 0 Å². The third-order valence-corrected chi connectivity index (χ3v) is 8.51. The number of unbranched alkanes of at least 4 members (excludes halogenated alkanes) is 2. The summed E-state index contributed by atoms with van der Waals surface area (Å²) in [5.41, 5.74) is -5.48. The van der Waals surface area contributed by atoms with Crippen molar-refractivity contribution in [1.82, 2.24) is 0 Å². The van der Waals surface area contributed by atoms with E-state index in [9.17, 15) is 26.7 Å². The molecule has 0 bridgehead atoms. The van der Waals surface area contributed by atoms with Crippen LogP contribution in [0.1, 0.15) is 45.4 Å². The van der Waals surface area contributed by atoms with Crippen LogP contribution in [0, 0.1) is 0 Å². The van der Waals surface area contributed by atoms with Crippen LogP contribution < -0.4 is 5.11 Å². The van der Waals surface area contributed by atoms with E-state index in [-0.39, 0.29) is 18.4 Å². The van der Waals surface area contributed by atoms with E-state index < -0.39 is 29.7 Å². The van der Waals surface area contributed by atoms with Gasteiger partial charge in [-0.25, -0.2) is 0 Å². The molecule has 0 fully saturated rings. The summed E-state index contributed by atoms with van der Waals surface area (Å²) in [6.45, 7) is 5.99. The summed E-state index contributed by atoms with van der Waals surface area (Å²) in [5, 5.41) is 11.5. The maximum Gasteiger partial charge on any atom is 0.518 e. The minimum absolute atomic E-state index is 0.0618. The normalized spacial score (nSPS) is 15.7. The molecule has 0 radical (unpaired) electrons. The van der Waals surface area contributed by atoms with Crippen LogP contribution in [-0.4, -0.2) is 35.3 Å². The molecule has 0 aromatic heterocycles. The number of sulfonamides is 1. The molecule has 0 aliphatic rings. The summed E-state index contributed by atoms with van der Waals surface area (Å²) in [5.74, 6) is -1.26. The molecule has 138 valence electrons. The summed E-state index contributed by atoms with van der Waals surface area (Å²) < 4.78 is 66.1. The van der Waals surface area contributed by atoms with Crippen LogP contribution in [0.15, 0.2) is 4.40 Å². The highest BCUT2D eigenvalue weighted by molar-refractivity contribution is 7.91. The van der Waals surface area contributed by atoms with Gasteiger partial charge in [0, 0.05) is 7.11 Å². The van der Waals surface area contributed by atoms with Gasteiger partial charge in [0.15, 0.2) is 8.32 Å². The molecule has 10 heteroatoms. The highest BCUT2D eigenvalue weighted by Crippen LogP contribution is 2.33. The number of hydrogen-bond donors (Lipinski definition) is 0. The van der Waals surface area contributed by atoms with Crippen molar-refractivity contribution in [3.63, 3.8) is 0 Å². The molecule has 0 amide bonds. The minimum atomic E-state index is -5.75. The smallest absolute Gasteiger partial charge is 0.518 e. The lowest BCUT2D eigenvalue weighted by molar-refractivity contribution is -0.218. The Morgan fingerprint density at radius 2 is 1.83 bits per heavy atom. The summed E-state index contributed by atoms with van der Waals surface area (Å²) in [7, 11) is -6.25. The Morgan fingerprint density at radius 3 is 2.26 bits per heavy atom. The van der Waals surface area contributed by atoms with Gasteiger partial charge in [0.1, 0.15) is 0 Å². The number of rotatable bonds is 10. The first kappa shape index (κ1) is 22.4. The minimum Gasteiger partial charge on any atom is -0.861 e. The van der Waals surface area contributed by atoms with E-state index >= 15 is 0 Å². The average molecular weight is 376 g/mol. The topological polar surface area (TPSA) is 78.8 Å². The number of alkyl halides is 3. The van der Waals surface area contributed by atoms with Gasteiger partial charge in [-0.05, 0) is 37.4 Å². The van der Waals surface area contributed by atoms with Gasteiger partial charge in [-0.2, -0.15) is 26.0 Å². The van der Waals surface area contributed by atoms with E-state index in [1.54, 1.807) is 7.11 Å². The number of nitrogens with zero attached hydrogens (tertiary/aromatic N) is 1. The van der Waals surface area contributed by atoms with Crippen LogP contribution in [0.2, 0.25) is 18.6 Å². The molecule has 1 atom stereocenters. The maximum atomic E-state index is 12.2. The Hall–Kier alpha value is -0.613. The zero-order valence-electron chi connectivity index (χ0n) is 13.9. The summed E-state index contributed by atoms with van der Waals surface area (Å²) >= 11 is 0. The molecule has 5 nitrogen and oxygen atoms in total. The van der Waals surface area contributed by atoms with Gasteiger partial charge < -0.3 is 9.53 Å². The van der Waals surface area contributed by atoms with E-state index in [2.05, 4.69) is 11.3 Å². The Morgan fingerprint density at radius 1 is 1.26 bits per heavy atom. The van der Waals surface area contributed by atoms with Gasteiger partial charge in [-0.15, -0.1) is 0 Å². The molecule has 23 heavy (non-hydrogen) atoms. The van der Waals surface area contributed by atoms with Crippen molar-refractivity contribution in [2.45, 2.75) is 69.6 Å². The van der Waals surface area contributed by atoms with Crippen LogP contribution >= 0.6 is 0 Å². The molecule has 0 aromatic rings. The van der Waals surface area contributed by atoms with E-state index in [4.69, 9.17) is 4.43 Å². The zero-order chi connectivity index (χ0) is 18.3. The molecule has 0 heterocycles. The van der Waals surface area contributed by atoms with E-state index in [1.165, 1.54) is 0 Å². The van der Waals surface area contributed by atoms with Crippen LogP contribution in [0.3, 0.4) is 0 Å². The van der Waals surface area contributed by atoms with E-state index in [1.807, 2.05) is 13.1 Å². The van der Waals surface area contributed by atoms with Gasteiger partial charge in [0.25, 0.3) is 0 Å². The van der Waals surface area contributed by atoms with Crippen molar-refractivity contribution in [2.24, 2.45) is 4.40 Å². The molecular formula is C13H25F3NO4SSi-. The fraction of sp³-hybridized carbons (Fsp3) is 0.923.